The largest absolute Gasteiger partial charge is 0.497 e. The molecule has 0 unspecified atom stereocenters. The lowest BCUT2D eigenvalue weighted by Crippen LogP contribution is -2.28. The summed E-state index contributed by atoms with van der Waals surface area (Å²) in [5.41, 5.74) is 2.82. The zero-order valence-corrected chi connectivity index (χ0v) is 13.5. The van der Waals surface area contributed by atoms with Crippen molar-refractivity contribution in [2.24, 2.45) is 0 Å². The number of halogens is 1. The minimum atomic E-state index is -0.237. The van der Waals surface area contributed by atoms with Crippen molar-refractivity contribution in [2.75, 3.05) is 12.4 Å². The molecule has 0 saturated heterocycles. The van der Waals surface area contributed by atoms with E-state index in [4.69, 9.17) is 4.74 Å². The van der Waals surface area contributed by atoms with Gasteiger partial charge in [-0.15, -0.1) is 0 Å². The van der Waals surface area contributed by atoms with E-state index in [1.54, 1.807) is 7.11 Å². The van der Waals surface area contributed by atoms with Gasteiger partial charge in [0.25, 0.3) is 0 Å². The molecule has 0 fully saturated rings. The van der Waals surface area contributed by atoms with Gasteiger partial charge in [0.1, 0.15) is 5.75 Å². The first-order valence-corrected chi connectivity index (χ1v) is 7.31. The fourth-order valence-electron chi connectivity index (χ4n) is 1.86. The zero-order chi connectivity index (χ0) is 15.2. The molecule has 0 atom stereocenters. The highest BCUT2D eigenvalue weighted by Gasteiger charge is 2.04. The number of methoxy groups -OCH3 is 1. The summed E-state index contributed by atoms with van der Waals surface area (Å²) >= 11 is 3.43. The van der Waals surface area contributed by atoms with Crippen molar-refractivity contribution in [3.63, 3.8) is 0 Å². The fraction of sp³-hybridized carbons (Fsp3) is 0.188. The van der Waals surface area contributed by atoms with Gasteiger partial charge in [0.05, 0.1) is 7.11 Å². The Hall–Kier alpha value is -2.01. The third-order valence-electron chi connectivity index (χ3n) is 3.00. The van der Waals surface area contributed by atoms with Crippen molar-refractivity contribution < 1.29 is 9.53 Å². The molecule has 2 aromatic carbocycles. The third-order valence-corrected chi connectivity index (χ3v) is 3.89. The molecule has 4 nitrogen and oxygen atoms in total. The Bertz CT molecular complexity index is 644. The first-order valence-electron chi connectivity index (χ1n) is 6.52. The Kier molecular flexibility index (Phi) is 5.22. The molecule has 2 aromatic rings. The van der Waals surface area contributed by atoms with Crippen molar-refractivity contribution in [2.45, 2.75) is 13.5 Å². The fourth-order valence-corrected chi connectivity index (χ4v) is 2.11. The minimum absolute atomic E-state index is 0.237. The first-order chi connectivity index (χ1) is 10.1. The van der Waals surface area contributed by atoms with Crippen molar-refractivity contribution in [3.8, 4) is 5.75 Å². The molecule has 0 aliphatic rings. The second-order valence-corrected chi connectivity index (χ2v) is 5.48. The number of nitrogens with one attached hydrogen (secondary N) is 2. The van der Waals surface area contributed by atoms with Gasteiger partial charge in [-0.05, 0) is 48.4 Å². The smallest absolute Gasteiger partial charge is 0.319 e. The standard InChI is InChI=1S/C16H17BrN2O2/c1-11-8-13(6-7-15(11)17)19-16(20)18-10-12-4-3-5-14(9-12)21-2/h3-9H,10H2,1-2H3,(H2,18,19,20). The number of carbonyl (C=O) groups excluding carboxylic acids is 1. The maximum Gasteiger partial charge on any atom is 0.319 e. The normalized spacial score (nSPS) is 10.0. The predicted molar refractivity (Wildman–Crippen MR) is 87.7 cm³/mol. The molecular weight excluding hydrogens is 332 g/mol. The molecule has 0 spiro atoms. The SMILES string of the molecule is COc1cccc(CNC(=O)Nc2ccc(Br)c(C)c2)c1. The lowest BCUT2D eigenvalue weighted by molar-refractivity contribution is 0.251. The third kappa shape index (κ3) is 4.49. The van der Waals surface area contributed by atoms with Crippen LogP contribution >= 0.6 is 15.9 Å². The Balaban J connectivity index is 1.91. The highest BCUT2D eigenvalue weighted by Crippen LogP contribution is 2.20. The second kappa shape index (κ2) is 7.13. The minimum Gasteiger partial charge on any atom is -0.497 e. The Morgan fingerprint density at radius 1 is 1.24 bits per heavy atom. The molecule has 0 aromatic heterocycles. The summed E-state index contributed by atoms with van der Waals surface area (Å²) in [6.45, 7) is 2.42. The lowest BCUT2D eigenvalue weighted by atomic mass is 10.2. The van der Waals surface area contributed by atoms with Crippen LogP contribution in [-0.2, 0) is 6.54 Å². The predicted octanol–water partition coefficient (Wildman–Crippen LogP) is 4.09. The Morgan fingerprint density at radius 2 is 2.05 bits per heavy atom. The number of urea groups is 1. The number of carbonyl (C=O) groups is 1. The number of hydrogen-bond acceptors (Lipinski definition) is 2. The van der Waals surface area contributed by atoms with E-state index < -0.39 is 0 Å². The molecule has 0 saturated carbocycles. The summed E-state index contributed by atoms with van der Waals surface area (Å²) in [5.74, 6) is 0.776. The van der Waals surface area contributed by atoms with E-state index in [0.717, 1.165) is 27.0 Å². The van der Waals surface area contributed by atoms with Gasteiger partial charge in [0, 0.05) is 16.7 Å². The van der Waals surface area contributed by atoms with Gasteiger partial charge in [-0.25, -0.2) is 4.79 Å². The van der Waals surface area contributed by atoms with Crippen molar-refractivity contribution >= 4 is 27.6 Å². The van der Waals surface area contributed by atoms with Gasteiger partial charge in [0.15, 0.2) is 0 Å². The number of benzene rings is 2. The maximum absolute atomic E-state index is 11.9. The zero-order valence-electron chi connectivity index (χ0n) is 11.9. The summed E-state index contributed by atoms with van der Waals surface area (Å²) in [6, 6.07) is 13.0. The van der Waals surface area contributed by atoms with E-state index in [-0.39, 0.29) is 6.03 Å². The average Bonchev–Trinajstić information content (AvgIpc) is 2.49. The molecule has 2 amide bonds. The van der Waals surface area contributed by atoms with Crippen LogP contribution in [0.25, 0.3) is 0 Å². The summed E-state index contributed by atoms with van der Waals surface area (Å²) in [4.78, 5) is 11.9. The molecule has 0 bridgehead atoms. The maximum atomic E-state index is 11.9. The summed E-state index contributed by atoms with van der Waals surface area (Å²) < 4.78 is 6.17. The Labute approximate surface area is 132 Å². The first kappa shape index (κ1) is 15.4. The van der Waals surface area contributed by atoms with Crippen molar-refractivity contribution in [1.82, 2.24) is 5.32 Å². The van der Waals surface area contributed by atoms with E-state index >= 15 is 0 Å². The molecule has 2 rings (SSSR count). The van der Waals surface area contributed by atoms with E-state index in [2.05, 4.69) is 26.6 Å². The highest BCUT2D eigenvalue weighted by atomic mass is 79.9. The summed E-state index contributed by atoms with van der Waals surface area (Å²) in [7, 11) is 1.62. The molecule has 110 valence electrons. The molecule has 0 aliphatic carbocycles. The molecule has 2 N–H and O–H groups in total. The van der Waals surface area contributed by atoms with Crippen molar-refractivity contribution in [1.29, 1.82) is 0 Å². The van der Waals surface area contributed by atoms with Crippen LogP contribution in [0.2, 0.25) is 0 Å². The van der Waals surface area contributed by atoms with E-state index in [0.29, 0.717) is 6.54 Å². The molecule has 0 radical (unpaired) electrons. The van der Waals surface area contributed by atoms with E-state index in [9.17, 15) is 4.79 Å². The van der Waals surface area contributed by atoms with Crippen LogP contribution in [0.1, 0.15) is 11.1 Å². The summed E-state index contributed by atoms with van der Waals surface area (Å²) in [6.07, 6.45) is 0. The number of rotatable bonds is 4. The summed E-state index contributed by atoms with van der Waals surface area (Å²) in [5, 5.41) is 5.62. The van der Waals surface area contributed by atoms with Gasteiger partial charge in [0.2, 0.25) is 0 Å². The Morgan fingerprint density at radius 3 is 2.76 bits per heavy atom. The highest BCUT2D eigenvalue weighted by molar-refractivity contribution is 9.10. The number of amides is 2. The van der Waals surface area contributed by atoms with E-state index in [1.807, 2.05) is 49.4 Å². The van der Waals surface area contributed by atoms with Crippen LogP contribution in [0.4, 0.5) is 10.5 Å². The average molecular weight is 349 g/mol. The quantitative estimate of drug-likeness (QED) is 0.874. The van der Waals surface area contributed by atoms with Gasteiger partial charge in [-0.2, -0.15) is 0 Å². The van der Waals surface area contributed by atoms with Crippen LogP contribution in [0, 0.1) is 6.92 Å². The van der Waals surface area contributed by atoms with Crippen LogP contribution < -0.4 is 15.4 Å². The number of ether oxygens (including phenoxy) is 1. The molecule has 5 heteroatoms. The van der Waals surface area contributed by atoms with Crippen LogP contribution in [-0.4, -0.2) is 13.1 Å². The second-order valence-electron chi connectivity index (χ2n) is 4.62. The van der Waals surface area contributed by atoms with Crippen LogP contribution in [0.15, 0.2) is 46.9 Å². The van der Waals surface area contributed by atoms with Gasteiger partial charge in [-0.3, -0.25) is 0 Å². The van der Waals surface area contributed by atoms with Crippen LogP contribution in [0.3, 0.4) is 0 Å². The lowest BCUT2D eigenvalue weighted by Gasteiger charge is -2.09. The number of aryl methyl sites for hydroxylation is 1. The van der Waals surface area contributed by atoms with Crippen LogP contribution in [0.5, 0.6) is 5.75 Å². The molecule has 21 heavy (non-hydrogen) atoms. The van der Waals surface area contributed by atoms with E-state index in [1.165, 1.54) is 0 Å². The number of anilines is 1. The topological polar surface area (TPSA) is 50.4 Å². The molecule has 0 aliphatic heterocycles. The molecular formula is C16H17BrN2O2. The monoisotopic (exact) mass is 348 g/mol. The van der Waals surface area contributed by atoms with Gasteiger partial charge >= 0.3 is 6.03 Å². The number of hydrogen-bond donors (Lipinski definition) is 2. The van der Waals surface area contributed by atoms with Crippen molar-refractivity contribution in [3.05, 3.63) is 58.1 Å². The van der Waals surface area contributed by atoms with Gasteiger partial charge in [-0.1, -0.05) is 28.1 Å². The van der Waals surface area contributed by atoms with Gasteiger partial charge < -0.3 is 15.4 Å². The molecule has 0 heterocycles.